The van der Waals surface area contributed by atoms with Crippen LogP contribution in [-0.4, -0.2) is 27.2 Å². The molecular weight excluding hydrogens is 231 g/mol. The molecule has 0 aromatic rings. The molecule has 1 N–H and O–H groups in total. The van der Waals surface area contributed by atoms with Gasteiger partial charge in [0, 0.05) is 12.8 Å². The number of rotatable bonds is 0. The number of hydrogen-bond acceptors (Lipinski definition) is 4. The molecule has 4 bridgehead atoms. The van der Waals surface area contributed by atoms with Gasteiger partial charge in [-0.15, -0.1) is 0 Å². The Hall–Kier alpha value is 0.0700. The van der Waals surface area contributed by atoms with Crippen molar-refractivity contribution in [1.82, 2.24) is 0 Å². The lowest BCUT2D eigenvalue weighted by atomic mass is 9.98. The van der Waals surface area contributed by atoms with Gasteiger partial charge >= 0.3 is 0 Å². The molecular formula is C10H17O5P. The first-order valence-electron chi connectivity index (χ1n) is 5.47. The van der Waals surface area contributed by atoms with Crippen molar-refractivity contribution in [3.63, 3.8) is 0 Å². The van der Waals surface area contributed by atoms with Gasteiger partial charge in [-0.1, -0.05) is 0 Å². The summed E-state index contributed by atoms with van der Waals surface area (Å²) in [6.07, 6.45) is 0.581. The van der Waals surface area contributed by atoms with Gasteiger partial charge in [0.1, 0.15) is 0 Å². The van der Waals surface area contributed by atoms with E-state index in [2.05, 4.69) is 0 Å². The molecule has 0 amide bonds. The first-order chi connectivity index (χ1) is 7.04. The Kier molecular flexibility index (Phi) is 1.69. The topological polar surface area (TPSA) is 65.0 Å². The van der Waals surface area contributed by atoms with Crippen LogP contribution in [-0.2, 0) is 18.8 Å². The Balaban J connectivity index is 2.22. The molecule has 0 aromatic heterocycles. The van der Waals surface area contributed by atoms with Crippen LogP contribution in [0.4, 0.5) is 0 Å². The first-order valence-corrected chi connectivity index (χ1v) is 7.13. The van der Waals surface area contributed by atoms with E-state index in [-0.39, 0.29) is 0 Å². The van der Waals surface area contributed by atoms with Gasteiger partial charge < -0.3 is 19.1 Å². The van der Waals surface area contributed by atoms with Crippen LogP contribution in [0.15, 0.2) is 0 Å². The average molecular weight is 248 g/mol. The van der Waals surface area contributed by atoms with E-state index in [1.54, 1.807) is 13.8 Å². The van der Waals surface area contributed by atoms with Crippen LogP contribution in [0, 0.1) is 0 Å². The van der Waals surface area contributed by atoms with Crippen LogP contribution in [0.5, 0.6) is 0 Å². The molecule has 0 spiro atoms. The van der Waals surface area contributed by atoms with Crippen molar-refractivity contribution >= 4 is 7.37 Å². The lowest BCUT2D eigenvalue weighted by Gasteiger charge is -2.67. The van der Waals surface area contributed by atoms with Crippen molar-refractivity contribution in [2.75, 3.05) is 0 Å². The molecule has 0 aliphatic carbocycles. The van der Waals surface area contributed by atoms with Crippen molar-refractivity contribution in [2.24, 2.45) is 0 Å². The Labute approximate surface area is 94.5 Å². The van der Waals surface area contributed by atoms with Gasteiger partial charge in [-0.25, -0.2) is 0 Å². The van der Waals surface area contributed by atoms with E-state index in [1.807, 2.05) is 13.8 Å². The van der Waals surface area contributed by atoms with Crippen LogP contribution in [0.25, 0.3) is 0 Å². The van der Waals surface area contributed by atoms with E-state index in [1.165, 1.54) is 0 Å². The maximum Gasteiger partial charge on any atom is 0.262 e. The zero-order chi connectivity index (χ0) is 12.0. The van der Waals surface area contributed by atoms with Gasteiger partial charge in [-0.05, 0) is 27.7 Å². The molecule has 4 fully saturated rings. The minimum atomic E-state index is -3.54. The molecule has 4 aliphatic rings. The average Bonchev–Trinajstić information content (AvgIpc) is 1.93. The SMILES string of the molecule is C[C@@]12C[C@]3(C)O[C@@](C)(C[C@](C)(O1)P3(=O)O)O2. The second-order valence-corrected chi connectivity index (χ2v) is 8.90. The molecule has 92 valence electrons. The third kappa shape index (κ3) is 1.04. The van der Waals surface area contributed by atoms with E-state index in [9.17, 15) is 9.46 Å². The molecule has 0 saturated carbocycles. The van der Waals surface area contributed by atoms with Gasteiger partial charge in [0.05, 0.1) is 0 Å². The molecule has 0 radical (unpaired) electrons. The second-order valence-electron chi connectivity index (χ2n) is 5.85. The van der Waals surface area contributed by atoms with Crippen LogP contribution in [0.2, 0.25) is 0 Å². The minimum absolute atomic E-state index is 0.291. The fourth-order valence-electron chi connectivity index (χ4n) is 3.68. The van der Waals surface area contributed by atoms with Crippen molar-refractivity contribution in [2.45, 2.75) is 62.8 Å². The third-order valence-corrected chi connectivity index (χ3v) is 6.95. The van der Waals surface area contributed by atoms with E-state index in [4.69, 9.17) is 14.2 Å². The van der Waals surface area contributed by atoms with E-state index >= 15 is 0 Å². The fraction of sp³-hybridized carbons (Fsp3) is 1.00. The zero-order valence-electron chi connectivity index (χ0n) is 9.94. The van der Waals surface area contributed by atoms with Gasteiger partial charge in [0.2, 0.25) is 0 Å². The molecule has 4 rings (SSSR count). The predicted molar refractivity (Wildman–Crippen MR) is 55.9 cm³/mol. The molecule has 5 nitrogen and oxygen atoms in total. The highest BCUT2D eigenvalue weighted by Crippen LogP contribution is 2.79. The zero-order valence-corrected chi connectivity index (χ0v) is 10.8. The van der Waals surface area contributed by atoms with Gasteiger partial charge in [-0.3, -0.25) is 4.57 Å². The quantitative estimate of drug-likeness (QED) is 0.664. The monoisotopic (exact) mass is 248 g/mol. The summed E-state index contributed by atoms with van der Waals surface area (Å²) in [5.74, 6) is -1.63. The predicted octanol–water partition coefficient (Wildman–Crippen LogP) is 1.99. The van der Waals surface area contributed by atoms with Gasteiger partial charge in [-0.2, -0.15) is 0 Å². The Morgan fingerprint density at radius 2 is 1.31 bits per heavy atom. The maximum atomic E-state index is 12.5. The summed E-state index contributed by atoms with van der Waals surface area (Å²) >= 11 is 0. The molecule has 4 heterocycles. The first kappa shape index (κ1) is 11.2. The second kappa shape index (κ2) is 2.43. The smallest absolute Gasteiger partial charge is 0.262 e. The van der Waals surface area contributed by atoms with E-state index in [0.29, 0.717) is 12.8 Å². The van der Waals surface area contributed by atoms with E-state index < -0.39 is 29.6 Å². The van der Waals surface area contributed by atoms with Crippen molar-refractivity contribution in [3.8, 4) is 0 Å². The number of ether oxygens (including phenoxy) is 3. The summed E-state index contributed by atoms with van der Waals surface area (Å²) < 4.78 is 29.7. The molecule has 4 atom stereocenters. The van der Waals surface area contributed by atoms with Gasteiger partial charge in [0.25, 0.3) is 7.37 Å². The summed E-state index contributed by atoms with van der Waals surface area (Å²) in [5.41, 5.74) is 0. The van der Waals surface area contributed by atoms with Crippen molar-refractivity contribution in [3.05, 3.63) is 0 Å². The maximum absolute atomic E-state index is 12.5. The molecule has 0 unspecified atom stereocenters. The van der Waals surface area contributed by atoms with Crippen LogP contribution in [0.1, 0.15) is 40.5 Å². The Morgan fingerprint density at radius 1 is 0.938 bits per heavy atom. The van der Waals surface area contributed by atoms with Crippen LogP contribution < -0.4 is 0 Å². The summed E-state index contributed by atoms with van der Waals surface area (Å²) in [4.78, 5) is 10.3. The largest absolute Gasteiger partial charge is 0.340 e. The highest BCUT2D eigenvalue weighted by atomic mass is 31.2. The molecule has 6 heteroatoms. The molecule has 4 saturated heterocycles. The number of hydrogen-bond donors (Lipinski definition) is 1. The molecule has 4 aliphatic heterocycles. The molecule has 0 aromatic carbocycles. The lowest BCUT2D eigenvalue weighted by Crippen LogP contribution is -2.72. The fourth-order valence-corrected chi connectivity index (χ4v) is 6.31. The minimum Gasteiger partial charge on any atom is -0.340 e. The third-order valence-electron chi connectivity index (χ3n) is 3.88. The highest BCUT2D eigenvalue weighted by molar-refractivity contribution is 7.61. The Morgan fingerprint density at radius 3 is 1.69 bits per heavy atom. The van der Waals surface area contributed by atoms with Crippen molar-refractivity contribution in [1.29, 1.82) is 0 Å². The normalized spacial score (nSPS) is 68.6. The standard InChI is InChI=1S/C10H17O5P/c1-7-5-9(3)15-8(2,13-7)6-10(4,14-7)16(9,11)12/h5-6H2,1-4H3,(H,11,12)/t7-,8-,9+,10+/m0/s1. The Bertz CT molecular complexity index is 371. The summed E-state index contributed by atoms with van der Waals surface area (Å²) in [5, 5.41) is -2.11. The lowest BCUT2D eigenvalue weighted by molar-refractivity contribution is -0.472. The van der Waals surface area contributed by atoms with E-state index in [0.717, 1.165) is 0 Å². The summed E-state index contributed by atoms with van der Waals surface area (Å²) in [7, 11) is -3.54. The summed E-state index contributed by atoms with van der Waals surface area (Å²) in [6, 6.07) is 0. The molecule has 16 heavy (non-hydrogen) atoms. The van der Waals surface area contributed by atoms with Crippen molar-refractivity contribution < 1.29 is 23.7 Å². The van der Waals surface area contributed by atoms with Crippen LogP contribution >= 0.6 is 7.37 Å². The van der Waals surface area contributed by atoms with Gasteiger partial charge in [0.15, 0.2) is 22.3 Å². The van der Waals surface area contributed by atoms with Crippen LogP contribution in [0.3, 0.4) is 0 Å². The summed E-state index contributed by atoms with van der Waals surface area (Å²) in [6.45, 7) is 6.99. The highest BCUT2D eigenvalue weighted by Gasteiger charge is 2.76.